The number of aliphatic carboxylic acids is 1. The highest BCUT2D eigenvalue weighted by atomic mass is 32.2. The van der Waals surface area contributed by atoms with Crippen LogP contribution in [0.3, 0.4) is 0 Å². The third-order valence-corrected chi connectivity index (χ3v) is 7.40. The molecule has 1 aromatic heterocycles. The zero-order valence-corrected chi connectivity index (χ0v) is 20.2. The normalized spacial score (nSPS) is 12.3. The lowest BCUT2D eigenvalue weighted by molar-refractivity contribution is -0.138. The monoisotopic (exact) mass is 465 g/mol. The molecule has 5 rings (SSSR count). The summed E-state index contributed by atoms with van der Waals surface area (Å²) in [4.78, 5) is 13.6. The lowest BCUT2D eigenvalue weighted by atomic mass is 9.89. The lowest BCUT2D eigenvalue weighted by Gasteiger charge is -2.20. The molecule has 0 amide bonds. The number of hydrogen-bond donors (Lipinski definition) is 1. The SMILES string of the molecule is CSc1c(C(Cc2ccccc2)C(=O)O)cc(C)c2c3ccccc3n(Cc3ccccc3)c12. The molecule has 0 aliphatic heterocycles. The number of para-hydroxylation sites is 1. The zero-order chi connectivity index (χ0) is 23.7. The van der Waals surface area contributed by atoms with Crippen molar-refractivity contribution in [1.82, 2.24) is 4.57 Å². The first kappa shape index (κ1) is 22.3. The maximum Gasteiger partial charge on any atom is 0.311 e. The summed E-state index contributed by atoms with van der Waals surface area (Å²) in [5, 5.41) is 12.7. The molecule has 5 aromatic rings. The van der Waals surface area contributed by atoms with Crippen LogP contribution in [0.2, 0.25) is 0 Å². The van der Waals surface area contributed by atoms with Gasteiger partial charge in [-0.25, -0.2) is 0 Å². The van der Waals surface area contributed by atoms with Crippen LogP contribution in [-0.2, 0) is 17.8 Å². The van der Waals surface area contributed by atoms with Crippen molar-refractivity contribution in [3.8, 4) is 0 Å². The van der Waals surface area contributed by atoms with E-state index in [-0.39, 0.29) is 0 Å². The van der Waals surface area contributed by atoms with Gasteiger partial charge in [0.1, 0.15) is 0 Å². The summed E-state index contributed by atoms with van der Waals surface area (Å²) in [5.74, 6) is -1.40. The Morgan fingerprint density at radius 1 is 0.912 bits per heavy atom. The van der Waals surface area contributed by atoms with Crippen molar-refractivity contribution in [2.24, 2.45) is 0 Å². The van der Waals surface area contributed by atoms with Crippen LogP contribution in [0, 0.1) is 6.92 Å². The van der Waals surface area contributed by atoms with Crippen molar-refractivity contribution in [3.05, 3.63) is 113 Å². The largest absolute Gasteiger partial charge is 0.481 e. The van der Waals surface area contributed by atoms with Gasteiger partial charge in [0.05, 0.1) is 11.4 Å². The molecule has 0 saturated carbocycles. The number of aryl methyl sites for hydroxylation is 1. The number of hydrogen-bond acceptors (Lipinski definition) is 2. The quantitative estimate of drug-likeness (QED) is 0.257. The van der Waals surface area contributed by atoms with Crippen LogP contribution in [0.15, 0.2) is 95.9 Å². The van der Waals surface area contributed by atoms with E-state index < -0.39 is 11.9 Å². The molecule has 170 valence electrons. The number of nitrogens with zero attached hydrogens (tertiary/aromatic N) is 1. The fraction of sp³-hybridized carbons (Fsp3) is 0.167. The van der Waals surface area contributed by atoms with Crippen molar-refractivity contribution < 1.29 is 9.90 Å². The smallest absolute Gasteiger partial charge is 0.311 e. The molecular weight excluding hydrogens is 438 g/mol. The Bertz CT molecular complexity index is 1470. The number of carboxylic acids is 1. The van der Waals surface area contributed by atoms with Gasteiger partial charge < -0.3 is 9.67 Å². The minimum absolute atomic E-state index is 0.466. The second kappa shape index (κ2) is 9.40. The van der Waals surface area contributed by atoms with E-state index in [2.05, 4.69) is 72.3 Å². The van der Waals surface area contributed by atoms with Crippen molar-refractivity contribution >= 4 is 39.5 Å². The molecular formula is C30H27NO2S. The van der Waals surface area contributed by atoms with Crippen molar-refractivity contribution in [3.63, 3.8) is 0 Å². The molecule has 0 aliphatic carbocycles. The Morgan fingerprint density at radius 3 is 2.18 bits per heavy atom. The summed E-state index contributed by atoms with van der Waals surface area (Å²) in [7, 11) is 0. The molecule has 34 heavy (non-hydrogen) atoms. The molecule has 0 bridgehead atoms. The van der Waals surface area contributed by atoms with Crippen LogP contribution in [0.1, 0.15) is 28.2 Å². The molecule has 4 heteroatoms. The van der Waals surface area contributed by atoms with Crippen LogP contribution in [0.25, 0.3) is 21.8 Å². The number of fused-ring (bicyclic) bond motifs is 3. The Labute approximate surface area is 204 Å². The first-order valence-corrected chi connectivity index (χ1v) is 12.7. The van der Waals surface area contributed by atoms with Gasteiger partial charge in [-0.05, 0) is 47.9 Å². The van der Waals surface area contributed by atoms with Gasteiger partial charge in [-0.3, -0.25) is 4.79 Å². The number of carboxylic acid groups (broad SMARTS) is 1. The average molecular weight is 466 g/mol. The van der Waals surface area contributed by atoms with Crippen LogP contribution in [0.5, 0.6) is 0 Å². The third kappa shape index (κ3) is 3.99. The highest BCUT2D eigenvalue weighted by Crippen LogP contribution is 2.42. The fourth-order valence-electron chi connectivity index (χ4n) is 5.03. The second-order valence-electron chi connectivity index (χ2n) is 8.71. The van der Waals surface area contributed by atoms with Crippen LogP contribution in [0.4, 0.5) is 0 Å². The van der Waals surface area contributed by atoms with E-state index in [1.807, 2.05) is 36.4 Å². The summed E-state index contributed by atoms with van der Waals surface area (Å²) in [6, 6.07) is 31.0. The molecule has 0 spiro atoms. The van der Waals surface area contributed by atoms with E-state index in [0.717, 1.165) is 33.6 Å². The standard InChI is InChI=1S/C30H27NO2S/c1-20-17-24(25(30(32)33)18-21-11-5-3-6-12-21)29(34-2)28-27(20)23-15-9-10-16-26(23)31(28)19-22-13-7-4-8-14-22/h3-17,25H,18-19H2,1-2H3,(H,32,33). The molecule has 1 heterocycles. The molecule has 1 unspecified atom stereocenters. The number of carbonyl (C=O) groups is 1. The maximum atomic E-state index is 12.6. The third-order valence-electron chi connectivity index (χ3n) is 6.56. The summed E-state index contributed by atoms with van der Waals surface area (Å²) in [6.07, 6.45) is 2.52. The fourth-order valence-corrected chi connectivity index (χ4v) is 5.87. The van der Waals surface area contributed by atoms with E-state index in [1.165, 1.54) is 21.9 Å². The predicted octanol–water partition coefficient (Wildman–Crippen LogP) is 7.28. The van der Waals surface area contributed by atoms with Gasteiger partial charge >= 0.3 is 5.97 Å². The van der Waals surface area contributed by atoms with Gasteiger partial charge in [0.25, 0.3) is 0 Å². The average Bonchev–Trinajstić information content (AvgIpc) is 3.18. The minimum atomic E-state index is -0.788. The van der Waals surface area contributed by atoms with Gasteiger partial charge in [0.15, 0.2) is 0 Å². The Balaban J connectivity index is 1.78. The molecule has 0 radical (unpaired) electrons. The molecule has 1 N–H and O–H groups in total. The highest BCUT2D eigenvalue weighted by Gasteiger charge is 2.27. The number of thioether (sulfide) groups is 1. The van der Waals surface area contributed by atoms with Gasteiger partial charge in [-0.2, -0.15) is 0 Å². The molecule has 4 aromatic carbocycles. The molecule has 1 atom stereocenters. The Kier molecular flexibility index (Phi) is 6.16. The first-order valence-electron chi connectivity index (χ1n) is 11.5. The molecule has 3 nitrogen and oxygen atoms in total. The lowest BCUT2D eigenvalue weighted by Crippen LogP contribution is -2.16. The van der Waals surface area contributed by atoms with Crippen LogP contribution < -0.4 is 0 Å². The van der Waals surface area contributed by atoms with Gasteiger partial charge in [-0.15, -0.1) is 11.8 Å². The summed E-state index contributed by atoms with van der Waals surface area (Å²) >= 11 is 1.65. The van der Waals surface area contributed by atoms with E-state index in [4.69, 9.17) is 0 Å². The molecule has 0 saturated heterocycles. The van der Waals surface area contributed by atoms with Crippen LogP contribution in [-0.4, -0.2) is 21.9 Å². The van der Waals surface area contributed by atoms with E-state index in [0.29, 0.717) is 6.42 Å². The first-order chi connectivity index (χ1) is 16.6. The minimum Gasteiger partial charge on any atom is -0.481 e. The van der Waals surface area contributed by atoms with Gasteiger partial charge in [-0.1, -0.05) is 84.9 Å². The Hall–Kier alpha value is -3.50. The summed E-state index contributed by atoms with van der Waals surface area (Å²) < 4.78 is 2.36. The number of aromatic nitrogens is 1. The number of benzene rings is 4. The maximum absolute atomic E-state index is 12.6. The Morgan fingerprint density at radius 2 is 1.53 bits per heavy atom. The van der Waals surface area contributed by atoms with E-state index in [1.54, 1.807) is 11.8 Å². The second-order valence-corrected chi connectivity index (χ2v) is 9.53. The molecule has 0 aliphatic rings. The van der Waals surface area contributed by atoms with E-state index >= 15 is 0 Å². The topological polar surface area (TPSA) is 42.2 Å². The van der Waals surface area contributed by atoms with Crippen molar-refractivity contribution in [1.29, 1.82) is 0 Å². The number of rotatable bonds is 7. The highest BCUT2D eigenvalue weighted by molar-refractivity contribution is 7.98. The van der Waals surface area contributed by atoms with E-state index in [9.17, 15) is 9.90 Å². The summed E-state index contributed by atoms with van der Waals surface area (Å²) in [6.45, 7) is 2.84. The van der Waals surface area contributed by atoms with Crippen LogP contribution >= 0.6 is 11.8 Å². The predicted molar refractivity (Wildman–Crippen MR) is 142 cm³/mol. The van der Waals surface area contributed by atoms with Gasteiger partial charge in [0.2, 0.25) is 0 Å². The summed E-state index contributed by atoms with van der Waals surface area (Å²) in [5.41, 5.74) is 6.57. The van der Waals surface area contributed by atoms with Gasteiger partial charge in [0, 0.05) is 27.7 Å². The van der Waals surface area contributed by atoms with Crippen molar-refractivity contribution in [2.75, 3.05) is 6.26 Å². The van der Waals surface area contributed by atoms with Crippen molar-refractivity contribution in [2.45, 2.75) is 30.7 Å². The zero-order valence-electron chi connectivity index (χ0n) is 19.4. The molecule has 0 fully saturated rings.